The summed E-state index contributed by atoms with van der Waals surface area (Å²) in [6.07, 6.45) is 1.16. The highest BCUT2D eigenvalue weighted by Crippen LogP contribution is 2.32. The predicted molar refractivity (Wildman–Crippen MR) is 62.7 cm³/mol. The number of hydrogen-bond acceptors (Lipinski definition) is 2. The van der Waals surface area contributed by atoms with E-state index >= 15 is 0 Å². The number of allylic oxidation sites excluding steroid dienone is 1. The summed E-state index contributed by atoms with van der Waals surface area (Å²) >= 11 is 12.8. The van der Waals surface area contributed by atoms with E-state index in [1.165, 1.54) is 11.3 Å². The lowest BCUT2D eigenvalue weighted by Gasteiger charge is -1.99. The number of hydrogen-bond donors (Lipinski definition) is 0. The zero-order chi connectivity index (χ0) is 10.7. The van der Waals surface area contributed by atoms with Gasteiger partial charge in [-0.15, -0.1) is 11.3 Å². The number of Topliss-reactive ketones (excluding diaryl/α,β-unsaturated/α-hetero) is 1. The van der Waals surface area contributed by atoms with Crippen LogP contribution in [0.3, 0.4) is 0 Å². The van der Waals surface area contributed by atoms with Crippen molar-refractivity contribution >= 4 is 40.3 Å². The lowest BCUT2D eigenvalue weighted by atomic mass is 10.1. The van der Waals surface area contributed by atoms with Gasteiger partial charge < -0.3 is 0 Å². The molecule has 0 aliphatic carbocycles. The Morgan fingerprint density at radius 3 is 2.64 bits per heavy atom. The standard InChI is InChI=1S/C10H10Cl2OS/c1-3-6(2)4-8(13)7-5-9(11)14-10(7)12/h5H,2-4H2,1H3. The van der Waals surface area contributed by atoms with E-state index in [9.17, 15) is 4.79 Å². The van der Waals surface area contributed by atoms with Crippen molar-refractivity contribution in [1.29, 1.82) is 0 Å². The number of carbonyl (C=O) groups excluding carboxylic acids is 1. The van der Waals surface area contributed by atoms with Crippen LogP contribution in [-0.2, 0) is 0 Å². The number of carbonyl (C=O) groups is 1. The lowest BCUT2D eigenvalue weighted by molar-refractivity contribution is 0.0993. The molecule has 0 N–H and O–H groups in total. The molecule has 1 nitrogen and oxygen atoms in total. The van der Waals surface area contributed by atoms with Gasteiger partial charge in [0.25, 0.3) is 0 Å². The molecular weight excluding hydrogens is 239 g/mol. The van der Waals surface area contributed by atoms with Crippen LogP contribution in [0.25, 0.3) is 0 Å². The number of ketones is 1. The second kappa shape index (κ2) is 4.96. The fourth-order valence-electron chi connectivity index (χ4n) is 0.978. The molecule has 14 heavy (non-hydrogen) atoms. The van der Waals surface area contributed by atoms with Crippen molar-refractivity contribution in [2.75, 3.05) is 0 Å². The van der Waals surface area contributed by atoms with Crippen LogP contribution in [0.2, 0.25) is 8.67 Å². The lowest BCUT2D eigenvalue weighted by Crippen LogP contribution is -1.98. The van der Waals surface area contributed by atoms with E-state index in [1.54, 1.807) is 6.07 Å². The fourth-order valence-corrected chi connectivity index (χ4v) is 2.48. The van der Waals surface area contributed by atoms with Gasteiger partial charge in [0, 0.05) is 12.0 Å². The third kappa shape index (κ3) is 2.84. The van der Waals surface area contributed by atoms with Gasteiger partial charge in [0.05, 0.1) is 4.34 Å². The van der Waals surface area contributed by atoms with Crippen molar-refractivity contribution in [1.82, 2.24) is 0 Å². The molecule has 0 aromatic carbocycles. The van der Waals surface area contributed by atoms with E-state index in [4.69, 9.17) is 23.2 Å². The van der Waals surface area contributed by atoms with Gasteiger partial charge in [-0.05, 0) is 12.5 Å². The van der Waals surface area contributed by atoms with E-state index in [0.717, 1.165) is 12.0 Å². The van der Waals surface area contributed by atoms with E-state index in [0.29, 0.717) is 20.7 Å². The fraction of sp³-hybridized carbons (Fsp3) is 0.300. The quantitative estimate of drug-likeness (QED) is 0.563. The number of rotatable bonds is 4. The molecule has 1 heterocycles. The highest BCUT2D eigenvalue weighted by molar-refractivity contribution is 7.20. The smallest absolute Gasteiger partial charge is 0.169 e. The summed E-state index contributed by atoms with van der Waals surface area (Å²) in [7, 11) is 0. The molecule has 0 saturated carbocycles. The van der Waals surface area contributed by atoms with Crippen LogP contribution in [-0.4, -0.2) is 5.78 Å². The van der Waals surface area contributed by atoms with Crippen LogP contribution >= 0.6 is 34.5 Å². The van der Waals surface area contributed by atoms with Gasteiger partial charge in [0.15, 0.2) is 5.78 Å². The Morgan fingerprint density at radius 1 is 1.57 bits per heavy atom. The van der Waals surface area contributed by atoms with E-state index in [2.05, 4.69) is 6.58 Å². The van der Waals surface area contributed by atoms with Crippen LogP contribution in [0, 0.1) is 0 Å². The first-order valence-corrected chi connectivity index (χ1v) is 5.76. The minimum atomic E-state index is -0.00926. The van der Waals surface area contributed by atoms with Crippen molar-refractivity contribution in [2.24, 2.45) is 0 Å². The molecule has 0 saturated heterocycles. The molecule has 0 radical (unpaired) electrons. The molecular formula is C10H10Cl2OS. The Hall–Kier alpha value is -0.310. The first-order valence-electron chi connectivity index (χ1n) is 4.19. The Labute approximate surface area is 97.3 Å². The first kappa shape index (κ1) is 11.8. The average Bonchev–Trinajstić information content (AvgIpc) is 2.45. The van der Waals surface area contributed by atoms with Crippen molar-refractivity contribution in [3.63, 3.8) is 0 Å². The molecule has 0 amide bonds. The maximum Gasteiger partial charge on any atom is 0.169 e. The van der Waals surface area contributed by atoms with Crippen molar-refractivity contribution in [3.8, 4) is 0 Å². The molecule has 0 spiro atoms. The van der Waals surface area contributed by atoms with Crippen LogP contribution in [0.1, 0.15) is 30.1 Å². The molecule has 4 heteroatoms. The molecule has 0 unspecified atom stereocenters. The summed E-state index contributed by atoms with van der Waals surface area (Å²) in [5.41, 5.74) is 1.42. The van der Waals surface area contributed by atoms with Crippen molar-refractivity contribution in [3.05, 3.63) is 32.5 Å². The Balaban J connectivity index is 2.79. The number of thiophene rings is 1. The summed E-state index contributed by atoms with van der Waals surface area (Å²) in [6, 6.07) is 1.61. The second-order valence-corrected chi connectivity index (χ2v) is 5.23. The van der Waals surface area contributed by atoms with Gasteiger partial charge in [-0.2, -0.15) is 0 Å². The topological polar surface area (TPSA) is 17.1 Å². The third-order valence-electron chi connectivity index (χ3n) is 1.87. The maximum atomic E-state index is 11.7. The van der Waals surface area contributed by atoms with Crippen LogP contribution < -0.4 is 0 Å². The van der Waals surface area contributed by atoms with E-state index in [-0.39, 0.29) is 5.78 Å². The van der Waals surface area contributed by atoms with Gasteiger partial charge in [-0.25, -0.2) is 0 Å². The first-order chi connectivity index (χ1) is 6.54. The summed E-state index contributed by atoms with van der Waals surface area (Å²) in [5.74, 6) is -0.00926. The van der Waals surface area contributed by atoms with E-state index in [1.807, 2.05) is 6.92 Å². The molecule has 0 aliphatic heterocycles. The minimum absolute atomic E-state index is 0.00926. The van der Waals surface area contributed by atoms with Gasteiger partial charge >= 0.3 is 0 Å². The summed E-state index contributed by atoms with van der Waals surface area (Å²) in [6.45, 7) is 5.75. The Bertz CT molecular complexity index is 368. The van der Waals surface area contributed by atoms with Crippen LogP contribution in [0.4, 0.5) is 0 Å². The number of halogens is 2. The van der Waals surface area contributed by atoms with Crippen molar-refractivity contribution < 1.29 is 4.79 Å². The molecule has 1 aromatic heterocycles. The maximum absolute atomic E-state index is 11.7. The zero-order valence-electron chi connectivity index (χ0n) is 7.77. The van der Waals surface area contributed by atoms with Gasteiger partial charge in [0.1, 0.15) is 4.34 Å². The normalized spacial score (nSPS) is 10.2. The molecule has 0 bridgehead atoms. The largest absolute Gasteiger partial charge is 0.294 e. The van der Waals surface area contributed by atoms with Crippen molar-refractivity contribution in [2.45, 2.75) is 19.8 Å². The summed E-state index contributed by atoms with van der Waals surface area (Å²) in [4.78, 5) is 11.7. The van der Waals surface area contributed by atoms with E-state index < -0.39 is 0 Å². The minimum Gasteiger partial charge on any atom is -0.294 e. The van der Waals surface area contributed by atoms with Gasteiger partial charge in [-0.3, -0.25) is 4.79 Å². The monoisotopic (exact) mass is 248 g/mol. The highest BCUT2D eigenvalue weighted by atomic mass is 35.5. The Kier molecular flexibility index (Phi) is 4.17. The molecule has 0 atom stereocenters. The zero-order valence-corrected chi connectivity index (χ0v) is 10.1. The van der Waals surface area contributed by atoms with Crippen LogP contribution in [0.5, 0.6) is 0 Å². The summed E-state index contributed by atoms with van der Waals surface area (Å²) < 4.78 is 1.00. The average molecular weight is 249 g/mol. The molecule has 76 valence electrons. The van der Waals surface area contributed by atoms with Gasteiger partial charge in [0.2, 0.25) is 0 Å². The predicted octanol–water partition coefficient (Wildman–Crippen LogP) is 4.59. The Morgan fingerprint density at radius 2 is 2.21 bits per heavy atom. The van der Waals surface area contributed by atoms with Gasteiger partial charge in [-0.1, -0.05) is 42.3 Å². The molecule has 1 rings (SSSR count). The molecule has 1 aromatic rings. The SMILES string of the molecule is C=C(CC)CC(=O)c1cc(Cl)sc1Cl. The van der Waals surface area contributed by atoms with Crippen LogP contribution in [0.15, 0.2) is 18.2 Å². The summed E-state index contributed by atoms with van der Waals surface area (Å²) in [5, 5.41) is 0. The second-order valence-electron chi connectivity index (χ2n) is 2.94. The third-order valence-corrected chi connectivity index (χ3v) is 3.36. The molecule has 0 fully saturated rings. The highest BCUT2D eigenvalue weighted by Gasteiger charge is 2.14. The molecule has 0 aliphatic rings.